The molecule has 374 valence electrons. The van der Waals surface area contributed by atoms with E-state index in [1.165, 1.54) is 205 Å². The lowest BCUT2D eigenvalue weighted by atomic mass is 10.0. The third-order valence-electron chi connectivity index (χ3n) is 12.6. The summed E-state index contributed by atoms with van der Waals surface area (Å²) in [5.41, 5.74) is 0. The summed E-state index contributed by atoms with van der Waals surface area (Å²) in [7, 11) is 0. The van der Waals surface area contributed by atoms with Gasteiger partial charge in [0.2, 0.25) is 5.91 Å². The number of nitrogens with one attached hydrogen (secondary N) is 1. The highest BCUT2D eigenvalue weighted by Gasteiger charge is 2.18. The lowest BCUT2D eigenvalue weighted by molar-refractivity contribution is -0.143. The molecule has 0 spiro atoms. The largest absolute Gasteiger partial charge is 0.465 e. The smallest absolute Gasteiger partial charge is 0.305 e. The van der Waals surface area contributed by atoms with Gasteiger partial charge < -0.3 is 20.3 Å². The molecular formula is C58H107NO5. The van der Waals surface area contributed by atoms with E-state index >= 15 is 0 Å². The van der Waals surface area contributed by atoms with Gasteiger partial charge in [-0.1, -0.05) is 242 Å². The van der Waals surface area contributed by atoms with Gasteiger partial charge in [0.25, 0.3) is 0 Å². The molecule has 0 saturated heterocycles. The summed E-state index contributed by atoms with van der Waals surface area (Å²) in [5, 5.41) is 22.9. The van der Waals surface area contributed by atoms with Crippen LogP contribution in [0.1, 0.15) is 284 Å². The average Bonchev–Trinajstić information content (AvgIpc) is 3.29. The topological polar surface area (TPSA) is 95.9 Å². The fourth-order valence-electron chi connectivity index (χ4n) is 8.29. The molecule has 2 unspecified atom stereocenters. The van der Waals surface area contributed by atoms with E-state index in [1.54, 1.807) is 6.08 Å². The zero-order chi connectivity index (χ0) is 46.5. The lowest BCUT2D eigenvalue weighted by Gasteiger charge is -2.20. The van der Waals surface area contributed by atoms with Crippen molar-refractivity contribution >= 4 is 11.9 Å². The van der Waals surface area contributed by atoms with Crippen LogP contribution in [-0.2, 0) is 14.3 Å². The monoisotopic (exact) mass is 898 g/mol. The number of aliphatic hydroxyl groups excluding tert-OH is 2. The SMILES string of the molecule is CCCCCCCC/C=C\CCCCCCCCCC(=O)OCC/C=C\C/C=C\CCCCCCCCCCCCCCCCC(=O)NC(CO)C(O)/C=C/CCCCCCCCC. The minimum absolute atomic E-state index is 0.0400. The Kier molecular flexibility index (Phi) is 51.6. The van der Waals surface area contributed by atoms with Crippen molar-refractivity contribution in [1.82, 2.24) is 5.32 Å². The summed E-state index contributed by atoms with van der Waals surface area (Å²) in [6.07, 6.45) is 67.3. The Labute approximate surface area is 397 Å². The van der Waals surface area contributed by atoms with Crippen molar-refractivity contribution < 1.29 is 24.5 Å². The molecule has 2 atom stereocenters. The number of carbonyl (C=O) groups excluding carboxylic acids is 2. The third-order valence-corrected chi connectivity index (χ3v) is 12.6. The van der Waals surface area contributed by atoms with Gasteiger partial charge in [0.1, 0.15) is 0 Å². The first kappa shape index (κ1) is 61.8. The first-order valence-corrected chi connectivity index (χ1v) is 27.9. The molecule has 0 saturated carbocycles. The molecule has 0 aliphatic carbocycles. The number of rotatable bonds is 51. The van der Waals surface area contributed by atoms with Crippen molar-refractivity contribution in [1.29, 1.82) is 0 Å². The normalized spacial score (nSPS) is 13.0. The highest BCUT2D eigenvalue weighted by molar-refractivity contribution is 5.76. The van der Waals surface area contributed by atoms with Crippen molar-refractivity contribution in [2.24, 2.45) is 0 Å². The van der Waals surface area contributed by atoms with Gasteiger partial charge in [0.15, 0.2) is 0 Å². The molecule has 3 N–H and O–H groups in total. The maximum atomic E-state index is 12.4. The lowest BCUT2D eigenvalue weighted by Crippen LogP contribution is -2.45. The van der Waals surface area contributed by atoms with Crippen molar-refractivity contribution in [2.75, 3.05) is 13.2 Å². The number of aliphatic hydroxyl groups is 2. The third kappa shape index (κ3) is 49.3. The van der Waals surface area contributed by atoms with Crippen LogP contribution in [0.15, 0.2) is 48.6 Å². The van der Waals surface area contributed by atoms with E-state index in [0.29, 0.717) is 19.4 Å². The molecule has 6 nitrogen and oxygen atoms in total. The number of unbranched alkanes of at least 4 members (excludes halogenated alkanes) is 34. The zero-order valence-corrected chi connectivity index (χ0v) is 42.5. The van der Waals surface area contributed by atoms with Gasteiger partial charge in [-0.15, -0.1) is 0 Å². The summed E-state index contributed by atoms with van der Waals surface area (Å²) < 4.78 is 5.42. The summed E-state index contributed by atoms with van der Waals surface area (Å²) in [6.45, 7) is 4.76. The molecule has 0 aromatic carbocycles. The van der Waals surface area contributed by atoms with Crippen LogP contribution in [0.5, 0.6) is 0 Å². The van der Waals surface area contributed by atoms with Crippen LogP contribution in [0, 0.1) is 0 Å². The molecule has 0 fully saturated rings. The zero-order valence-electron chi connectivity index (χ0n) is 42.5. The first-order chi connectivity index (χ1) is 31.5. The number of hydrogen-bond donors (Lipinski definition) is 3. The van der Waals surface area contributed by atoms with E-state index in [0.717, 1.165) is 51.4 Å². The predicted octanol–water partition coefficient (Wildman–Crippen LogP) is 17.0. The van der Waals surface area contributed by atoms with Gasteiger partial charge in [-0.3, -0.25) is 9.59 Å². The molecule has 1 amide bonds. The van der Waals surface area contributed by atoms with Crippen molar-refractivity contribution in [2.45, 2.75) is 296 Å². The Balaban J connectivity index is 3.45. The maximum Gasteiger partial charge on any atom is 0.305 e. The molecule has 6 heteroatoms. The number of esters is 1. The number of ether oxygens (including phenoxy) is 1. The second-order valence-corrected chi connectivity index (χ2v) is 18.9. The van der Waals surface area contributed by atoms with Gasteiger partial charge in [0.05, 0.1) is 25.4 Å². The molecule has 0 aliphatic rings. The van der Waals surface area contributed by atoms with Crippen LogP contribution in [0.3, 0.4) is 0 Å². The molecule has 0 bridgehead atoms. The highest BCUT2D eigenvalue weighted by atomic mass is 16.5. The van der Waals surface area contributed by atoms with Gasteiger partial charge in [-0.2, -0.15) is 0 Å². The quantitative estimate of drug-likeness (QED) is 0.0321. The molecule has 0 heterocycles. The molecule has 0 aromatic rings. The van der Waals surface area contributed by atoms with Crippen LogP contribution in [0.2, 0.25) is 0 Å². The Bertz CT molecular complexity index is 1080. The summed E-state index contributed by atoms with van der Waals surface area (Å²) >= 11 is 0. The fraction of sp³-hybridized carbons (Fsp3) is 0.828. The number of allylic oxidation sites excluding steroid dienone is 6. The maximum absolute atomic E-state index is 12.4. The van der Waals surface area contributed by atoms with E-state index in [2.05, 4.69) is 55.6 Å². The molecule has 0 radical (unpaired) electrons. The molecule has 64 heavy (non-hydrogen) atoms. The number of amides is 1. The summed E-state index contributed by atoms with van der Waals surface area (Å²) in [6, 6.07) is -0.630. The summed E-state index contributed by atoms with van der Waals surface area (Å²) in [5.74, 6) is -0.116. The van der Waals surface area contributed by atoms with Crippen LogP contribution in [-0.4, -0.2) is 47.4 Å². The Hall–Kier alpha value is -2.18. The van der Waals surface area contributed by atoms with Crippen molar-refractivity contribution in [3.8, 4) is 0 Å². The minimum atomic E-state index is -0.846. The average molecular weight is 898 g/mol. The standard InChI is InChI=1S/C58H107NO5/c1-3-5-7-9-11-13-14-15-16-22-26-29-32-36-40-44-48-52-58(63)64-53-49-45-41-37-33-30-27-24-21-19-17-18-20-23-25-28-31-35-39-43-47-51-57(62)59-55(54-60)56(61)50-46-42-38-34-12-10-8-6-4-2/h15-16,30,33,41,45-46,50,55-56,60-61H,3-14,17-29,31-32,34-40,42-44,47-49,51-54H2,1-2H3,(H,59,62)/b16-15-,33-30-,45-41-,50-46+. The number of carbonyl (C=O) groups is 2. The van der Waals surface area contributed by atoms with Crippen molar-refractivity contribution in [3.05, 3.63) is 48.6 Å². The Morgan fingerprint density at radius 2 is 0.781 bits per heavy atom. The van der Waals surface area contributed by atoms with Crippen molar-refractivity contribution in [3.63, 3.8) is 0 Å². The van der Waals surface area contributed by atoms with Gasteiger partial charge in [-0.25, -0.2) is 0 Å². The van der Waals surface area contributed by atoms with E-state index in [1.807, 2.05) is 6.08 Å². The second kappa shape index (κ2) is 53.4. The van der Waals surface area contributed by atoms with E-state index in [4.69, 9.17) is 4.74 Å². The predicted molar refractivity (Wildman–Crippen MR) is 278 cm³/mol. The van der Waals surface area contributed by atoms with E-state index < -0.39 is 12.1 Å². The highest BCUT2D eigenvalue weighted by Crippen LogP contribution is 2.16. The van der Waals surface area contributed by atoms with Gasteiger partial charge in [-0.05, 0) is 77.0 Å². The molecular weight excluding hydrogens is 791 g/mol. The first-order valence-electron chi connectivity index (χ1n) is 27.9. The van der Waals surface area contributed by atoms with Crippen LogP contribution in [0.4, 0.5) is 0 Å². The summed E-state index contributed by atoms with van der Waals surface area (Å²) in [4.78, 5) is 24.4. The minimum Gasteiger partial charge on any atom is -0.465 e. The molecule has 0 aliphatic heterocycles. The second-order valence-electron chi connectivity index (χ2n) is 18.9. The molecule has 0 rings (SSSR count). The van der Waals surface area contributed by atoms with E-state index in [-0.39, 0.29) is 18.5 Å². The van der Waals surface area contributed by atoms with E-state index in [9.17, 15) is 19.8 Å². The fourth-order valence-corrected chi connectivity index (χ4v) is 8.29. The van der Waals surface area contributed by atoms with Crippen LogP contribution < -0.4 is 5.32 Å². The van der Waals surface area contributed by atoms with Gasteiger partial charge >= 0.3 is 5.97 Å². The Morgan fingerprint density at radius 3 is 1.20 bits per heavy atom. The van der Waals surface area contributed by atoms with Crippen LogP contribution >= 0.6 is 0 Å². The Morgan fingerprint density at radius 1 is 0.438 bits per heavy atom. The van der Waals surface area contributed by atoms with Gasteiger partial charge in [0, 0.05) is 12.8 Å². The van der Waals surface area contributed by atoms with Crippen LogP contribution in [0.25, 0.3) is 0 Å². The molecule has 0 aromatic heterocycles. The number of hydrogen-bond acceptors (Lipinski definition) is 5.